The molecule has 2 aliphatic rings. The van der Waals surface area contributed by atoms with Crippen molar-refractivity contribution in [3.8, 4) is 0 Å². The Morgan fingerprint density at radius 1 is 1.27 bits per heavy atom. The summed E-state index contributed by atoms with van der Waals surface area (Å²) >= 11 is 0. The van der Waals surface area contributed by atoms with Gasteiger partial charge in [0.15, 0.2) is 5.96 Å². The van der Waals surface area contributed by atoms with E-state index in [0.717, 1.165) is 45.6 Å². The third kappa shape index (κ3) is 5.91. The fraction of sp³-hybridized carbons (Fsp3) is 0.867. The molecule has 2 rings (SSSR count). The maximum Gasteiger partial charge on any atom is 0.225 e. The van der Waals surface area contributed by atoms with Crippen LogP contribution in [0.4, 0.5) is 0 Å². The molecule has 128 valence electrons. The van der Waals surface area contributed by atoms with E-state index in [-0.39, 0.29) is 24.0 Å². The number of guanidine groups is 1. The largest absolute Gasteiger partial charge is 0.370 e. The van der Waals surface area contributed by atoms with Crippen LogP contribution >= 0.6 is 24.0 Å². The van der Waals surface area contributed by atoms with Crippen molar-refractivity contribution in [1.29, 1.82) is 0 Å². The Balaban J connectivity index is 0.00000242. The summed E-state index contributed by atoms with van der Waals surface area (Å²) < 4.78 is 0. The Morgan fingerprint density at radius 3 is 2.41 bits per heavy atom. The predicted molar refractivity (Wildman–Crippen MR) is 101 cm³/mol. The van der Waals surface area contributed by atoms with Gasteiger partial charge >= 0.3 is 0 Å². The van der Waals surface area contributed by atoms with Gasteiger partial charge in [-0.15, -0.1) is 24.0 Å². The second-order valence-corrected chi connectivity index (χ2v) is 6.36. The van der Waals surface area contributed by atoms with Crippen LogP contribution in [0.25, 0.3) is 0 Å². The number of aliphatic imine (C=N–C) groups is 1. The molecule has 3 N–H and O–H groups in total. The number of hydrogen-bond donors (Lipinski definition) is 2. The topological polar surface area (TPSA) is 74.0 Å². The maximum absolute atomic E-state index is 12.2. The van der Waals surface area contributed by atoms with Crippen molar-refractivity contribution in [2.24, 2.45) is 16.6 Å². The van der Waals surface area contributed by atoms with Gasteiger partial charge in [0.1, 0.15) is 0 Å². The summed E-state index contributed by atoms with van der Waals surface area (Å²) in [5.74, 6) is 1.22. The summed E-state index contributed by atoms with van der Waals surface area (Å²) in [6.45, 7) is 9.32. The maximum atomic E-state index is 12.2. The first-order chi connectivity index (χ1) is 10.1. The zero-order valence-electron chi connectivity index (χ0n) is 13.8. The van der Waals surface area contributed by atoms with Crippen molar-refractivity contribution in [2.45, 2.75) is 39.2 Å². The molecule has 0 bridgehead atoms. The lowest BCUT2D eigenvalue weighted by molar-refractivity contribution is -0.139. The van der Waals surface area contributed by atoms with Crippen LogP contribution in [0.1, 0.15) is 33.1 Å². The molecule has 0 aromatic rings. The highest BCUT2D eigenvalue weighted by Gasteiger charge is 2.30. The van der Waals surface area contributed by atoms with Crippen LogP contribution in [0.15, 0.2) is 4.99 Å². The van der Waals surface area contributed by atoms with Gasteiger partial charge in [0.25, 0.3) is 0 Å². The minimum absolute atomic E-state index is 0. The van der Waals surface area contributed by atoms with Crippen LogP contribution in [0.5, 0.6) is 0 Å². The average molecular weight is 423 g/mol. The molecule has 0 aromatic carbocycles. The van der Waals surface area contributed by atoms with E-state index in [1.54, 1.807) is 0 Å². The van der Waals surface area contributed by atoms with Crippen molar-refractivity contribution < 1.29 is 4.79 Å². The molecule has 22 heavy (non-hydrogen) atoms. The number of hydrogen-bond acceptors (Lipinski definition) is 3. The molecule has 1 amide bonds. The Labute approximate surface area is 150 Å². The lowest BCUT2D eigenvalue weighted by atomic mass is 9.84. The Bertz CT molecular complexity index is 376. The highest BCUT2D eigenvalue weighted by Crippen LogP contribution is 2.28. The van der Waals surface area contributed by atoms with E-state index in [4.69, 9.17) is 5.73 Å². The fourth-order valence-corrected chi connectivity index (χ4v) is 2.76. The summed E-state index contributed by atoms with van der Waals surface area (Å²) in [7, 11) is 0. The van der Waals surface area contributed by atoms with Gasteiger partial charge in [-0.05, 0) is 26.7 Å². The average Bonchev–Trinajstić information content (AvgIpc) is 2.36. The number of amides is 1. The monoisotopic (exact) mass is 423 g/mol. The zero-order valence-corrected chi connectivity index (χ0v) is 16.1. The highest BCUT2D eigenvalue weighted by molar-refractivity contribution is 14.0. The molecule has 1 aliphatic heterocycles. The predicted octanol–water partition coefficient (Wildman–Crippen LogP) is 0.861. The van der Waals surface area contributed by atoms with Crippen LogP contribution in [0.3, 0.4) is 0 Å². The molecule has 1 heterocycles. The van der Waals surface area contributed by atoms with Crippen molar-refractivity contribution in [1.82, 2.24) is 15.1 Å². The van der Waals surface area contributed by atoms with Gasteiger partial charge in [0.2, 0.25) is 5.91 Å². The Kier molecular flexibility index (Phi) is 8.45. The van der Waals surface area contributed by atoms with E-state index in [9.17, 15) is 4.79 Å². The highest BCUT2D eigenvalue weighted by atomic mass is 127. The molecule has 0 aromatic heterocycles. The number of carbonyl (C=O) groups excluding carboxylic acids is 1. The second kappa shape index (κ2) is 9.54. The van der Waals surface area contributed by atoms with Crippen LogP contribution in [0.2, 0.25) is 0 Å². The minimum Gasteiger partial charge on any atom is -0.370 e. The molecule has 1 aliphatic carbocycles. The first kappa shape index (κ1) is 19.5. The first-order valence-electron chi connectivity index (χ1n) is 8.14. The number of nitrogens with zero attached hydrogens (tertiary/aromatic N) is 3. The summed E-state index contributed by atoms with van der Waals surface area (Å²) in [5, 5.41) is 3.08. The van der Waals surface area contributed by atoms with E-state index < -0.39 is 0 Å². The molecular formula is C15H30IN5O. The third-order valence-electron chi connectivity index (χ3n) is 4.27. The molecule has 0 radical (unpaired) electrons. The van der Waals surface area contributed by atoms with Gasteiger partial charge in [-0.25, -0.2) is 0 Å². The lowest BCUT2D eigenvalue weighted by Crippen LogP contribution is -2.51. The van der Waals surface area contributed by atoms with E-state index in [2.05, 4.69) is 15.2 Å². The van der Waals surface area contributed by atoms with Crippen molar-refractivity contribution in [3.05, 3.63) is 0 Å². The molecule has 6 nitrogen and oxygen atoms in total. The first-order valence-corrected chi connectivity index (χ1v) is 8.14. The summed E-state index contributed by atoms with van der Waals surface area (Å²) in [6, 6.07) is 0.315. The summed E-state index contributed by atoms with van der Waals surface area (Å²) in [6.07, 6.45) is 3.41. The Morgan fingerprint density at radius 2 is 1.91 bits per heavy atom. The number of halogens is 1. The minimum atomic E-state index is 0. The molecule has 0 atom stereocenters. The van der Waals surface area contributed by atoms with Crippen LogP contribution in [-0.4, -0.2) is 67.0 Å². The lowest BCUT2D eigenvalue weighted by Gasteiger charge is -2.38. The van der Waals surface area contributed by atoms with Gasteiger partial charge in [-0.2, -0.15) is 0 Å². The van der Waals surface area contributed by atoms with Gasteiger partial charge in [-0.3, -0.25) is 14.7 Å². The van der Waals surface area contributed by atoms with Crippen LogP contribution < -0.4 is 11.1 Å². The van der Waals surface area contributed by atoms with E-state index >= 15 is 0 Å². The normalized spacial score (nSPS) is 20.5. The van der Waals surface area contributed by atoms with E-state index in [1.807, 2.05) is 18.7 Å². The molecular weight excluding hydrogens is 393 g/mol. The SMILES string of the molecule is CC(C)NC(N)=NCCN1CCN(C(=O)C2CCC2)CC1.I. The van der Waals surface area contributed by atoms with E-state index in [1.165, 1.54) is 6.42 Å². The molecule has 7 heteroatoms. The summed E-state index contributed by atoms with van der Waals surface area (Å²) in [5.41, 5.74) is 5.77. The van der Waals surface area contributed by atoms with Gasteiger partial charge < -0.3 is 16.0 Å². The number of carbonyl (C=O) groups is 1. The summed E-state index contributed by atoms with van der Waals surface area (Å²) in [4.78, 5) is 20.9. The van der Waals surface area contributed by atoms with E-state index in [0.29, 0.717) is 30.4 Å². The molecule has 1 saturated heterocycles. The van der Waals surface area contributed by atoms with Gasteiger partial charge in [-0.1, -0.05) is 6.42 Å². The number of rotatable bonds is 5. The molecule has 0 unspecified atom stereocenters. The van der Waals surface area contributed by atoms with Gasteiger partial charge in [0, 0.05) is 44.7 Å². The van der Waals surface area contributed by atoms with Crippen molar-refractivity contribution in [3.63, 3.8) is 0 Å². The molecule has 2 fully saturated rings. The van der Waals surface area contributed by atoms with Gasteiger partial charge in [0.05, 0.1) is 6.54 Å². The molecule has 0 spiro atoms. The quantitative estimate of drug-likeness (QED) is 0.391. The second-order valence-electron chi connectivity index (χ2n) is 6.36. The zero-order chi connectivity index (χ0) is 15.2. The Hall–Kier alpha value is -0.570. The van der Waals surface area contributed by atoms with Crippen LogP contribution in [-0.2, 0) is 4.79 Å². The van der Waals surface area contributed by atoms with Crippen molar-refractivity contribution >= 4 is 35.8 Å². The third-order valence-corrected chi connectivity index (χ3v) is 4.27. The fourth-order valence-electron chi connectivity index (χ4n) is 2.76. The smallest absolute Gasteiger partial charge is 0.225 e. The van der Waals surface area contributed by atoms with Crippen LogP contribution in [0, 0.1) is 5.92 Å². The molecule has 1 saturated carbocycles. The standard InChI is InChI=1S/C15H29N5O.HI/c1-12(2)18-15(16)17-6-7-19-8-10-20(11-9-19)14(21)13-4-3-5-13;/h12-13H,3-11H2,1-2H3,(H3,16,17,18);1H. The number of piperazine rings is 1. The number of nitrogens with one attached hydrogen (secondary N) is 1. The van der Waals surface area contributed by atoms with Crippen molar-refractivity contribution in [2.75, 3.05) is 39.3 Å². The number of nitrogens with two attached hydrogens (primary N) is 1.